The molecule has 0 saturated carbocycles. The van der Waals surface area contributed by atoms with E-state index in [0.29, 0.717) is 45.1 Å². The maximum Gasteiger partial charge on any atom is 0.326 e. The van der Waals surface area contributed by atoms with Gasteiger partial charge in [0.1, 0.15) is 72.4 Å². The molecule has 29 nitrogen and oxygen atoms in total. The van der Waals surface area contributed by atoms with E-state index in [2.05, 4.69) is 57.8 Å². The second-order valence-corrected chi connectivity index (χ2v) is 31.1. The van der Waals surface area contributed by atoms with Gasteiger partial charge in [-0.3, -0.25) is 43.2 Å². The van der Waals surface area contributed by atoms with Crippen molar-refractivity contribution in [1.29, 1.82) is 0 Å². The molecule has 2 saturated heterocycles. The van der Waals surface area contributed by atoms with Crippen molar-refractivity contribution in [3.8, 4) is 11.5 Å². The normalized spacial score (nSPS) is 21.7. The zero-order valence-electron chi connectivity index (χ0n) is 63.4. The van der Waals surface area contributed by atoms with Crippen LogP contribution in [0.4, 0.5) is 0 Å². The van der Waals surface area contributed by atoms with Crippen LogP contribution in [-0.4, -0.2) is 191 Å². The van der Waals surface area contributed by atoms with Crippen molar-refractivity contribution < 1.29 is 67.6 Å². The number of hydrogen-bond acceptors (Lipinski definition) is 18. The predicted molar refractivity (Wildman–Crippen MR) is 407 cm³/mol. The van der Waals surface area contributed by atoms with E-state index in [-0.39, 0.29) is 64.8 Å². The Balaban J connectivity index is 0.922. The number of carboxylic acid groups (broad SMARTS) is 2. The van der Waals surface area contributed by atoms with Crippen molar-refractivity contribution in [2.75, 3.05) is 27.2 Å². The number of amides is 7. The summed E-state index contributed by atoms with van der Waals surface area (Å²) in [5.74, 6) is -8.03. The van der Waals surface area contributed by atoms with E-state index < -0.39 is 149 Å². The van der Waals surface area contributed by atoms with Gasteiger partial charge in [0.2, 0.25) is 41.4 Å². The van der Waals surface area contributed by atoms with Crippen LogP contribution in [-0.2, 0) is 86.8 Å². The van der Waals surface area contributed by atoms with Crippen molar-refractivity contribution in [2.24, 2.45) is 16.7 Å². The summed E-state index contributed by atoms with van der Waals surface area (Å²) in [6, 6.07) is 27.9. The van der Waals surface area contributed by atoms with Crippen LogP contribution in [0.15, 0.2) is 146 Å². The third-order valence-corrected chi connectivity index (χ3v) is 20.8. The molecule has 0 aliphatic carbocycles. The number of carbonyl (C=O) groups is 10. The lowest BCUT2D eigenvalue weighted by atomic mass is 9.85. The number of aliphatic carboxylic acids is 2. The van der Waals surface area contributed by atoms with Crippen LogP contribution >= 0.6 is 0 Å². The first kappa shape index (κ1) is 79.6. The molecule has 7 amide bonds. The molecule has 0 spiro atoms. The fourth-order valence-electron chi connectivity index (χ4n) is 14.1. The molecule has 12 atom stereocenters. The number of hydrogen-bond donors (Lipinski definition) is 9. The lowest BCUT2D eigenvalue weighted by Gasteiger charge is -2.36. The summed E-state index contributed by atoms with van der Waals surface area (Å²) in [7, 11) is 3.23. The zero-order valence-corrected chi connectivity index (χ0v) is 63.4. The topological polar surface area (TPSA) is 382 Å². The molecule has 8 heterocycles. The fraction of sp³-hybridized carbons (Fsp3) is 0.432. The highest BCUT2D eigenvalue weighted by Gasteiger charge is 2.49. The molecule has 29 heteroatoms. The second-order valence-electron chi connectivity index (χ2n) is 31.1. The number of benzene rings is 6. The molecule has 0 radical (unpaired) electrons. The Kier molecular flexibility index (Phi) is 24.9. The maximum atomic E-state index is 15.3. The lowest BCUT2D eigenvalue weighted by Crippen LogP contribution is -2.60. The van der Waals surface area contributed by atoms with Crippen LogP contribution in [0.1, 0.15) is 120 Å². The number of ketones is 1. The Labute approximate surface area is 637 Å². The predicted octanol–water partition coefficient (Wildman–Crippen LogP) is 5.38. The number of nitrogens with zero attached hydrogens (tertiary/aromatic N) is 8. The van der Waals surface area contributed by atoms with Gasteiger partial charge in [0.15, 0.2) is 5.78 Å². The van der Waals surface area contributed by atoms with E-state index in [1.807, 2.05) is 84.9 Å². The Hall–Kier alpha value is -11.5. The summed E-state index contributed by atoms with van der Waals surface area (Å²) < 4.78 is 15.4. The zero-order chi connectivity index (χ0) is 78.9. The first-order valence-corrected chi connectivity index (χ1v) is 37.1. The smallest absolute Gasteiger partial charge is 0.326 e. The first-order valence-electron chi connectivity index (χ1n) is 37.1. The minimum absolute atomic E-state index is 0.0211. The van der Waals surface area contributed by atoms with E-state index in [1.54, 1.807) is 130 Å². The number of nitrogens with one attached hydrogen (secondary N) is 7. The summed E-state index contributed by atoms with van der Waals surface area (Å²) in [4.78, 5) is 147. The number of carboxylic acids is 2. The van der Waals surface area contributed by atoms with Crippen molar-refractivity contribution in [3.63, 3.8) is 0 Å². The average Bonchev–Trinajstić information content (AvgIpc) is 1.61. The monoisotopic (exact) mass is 1500 g/mol. The largest absolute Gasteiger partial charge is 0.487 e. The molecule has 2 aromatic heterocycles. The van der Waals surface area contributed by atoms with Gasteiger partial charge < -0.3 is 66.7 Å². The molecule has 6 aliphatic heterocycles. The number of likely N-dealkylation sites (tertiary alicyclic amines) is 2. The molecule has 2 fully saturated rings. The van der Waals surface area contributed by atoms with Crippen LogP contribution in [0.3, 0.4) is 0 Å². The molecule has 12 bridgehead atoms. The summed E-state index contributed by atoms with van der Waals surface area (Å²) in [6.45, 7) is 13.6. The molecule has 9 N–H and O–H groups in total. The van der Waals surface area contributed by atoms with Crippen molar-refractivity contribution >= 4 is 80.6 Å². The Morgan fingerprint density at radius 2 is 0.936 bits per heavy atom. The van der Waals surface area contributed by atoms with Crippen LogP contribution in [0.2, 0.25) is 0 Å². The van der Waals surface area contributed by atoms with Crippen LogP contribution < -0.4 is 46.7 Å². The van der Waals surface area contributed by atoms with Crippen molar-refractivity contribution in [2.45, 2.75) is 180 Å². The van der Waals surface area contributed by atoms with Gasteiger partial charge in [0.05, 0.1) is 48.5 Å². The van der Waals surface area contributed by atoms with E-state index >= 15 is 24.0 Å². The molecule has 0 unspecified atom stereocenters. The second kappa shape index (κ2) is 34.4. The molecule has 14 rings (SSSR count). The van der Waals surface area contributed by atoms with Gasteiger partial charge >= 0.3 is 11.9 Å². The van der Waals surface area contributed by atoms with Gasteiger partial charge in [0.25, 0.3) is 0 Å². The molecule has 110 heavy (non-hydrogen) atoms. The average molecular weight is 1500 g/mol. The van der Waals surface area contributed by atoms with Gasteiger partial charge in [-0.15, -0.1) is 10.2 Å². The van der Waals surface area contributed by atoms with Gasteiger partial charge in [-0.25, -0.2) is 14.2 Å². The Bertz CT molecular complexity index is 4410. The minimum atomic E-state index is -1.51. The Morgan fingerprint density at radius 3 is 1.35 bits per heavy atom. The number of fused-ring (bicyclic) bond motifs is 2. The first-order chi connectivity index (χ1) is 52.4. The number of likely N-dealkylation sites (N-methyl/N-ethyl adjacent to an activating group) is 2. The minimum Gasteiger partial charge on any atom is -0.487 e. The van der Waals surface area contributed by atoms with Crippen LogP contribution in [0.5, 0.6) is 11.5 Å². The SMILES string of the molecule is CN[C@@H](C)C(=O)N[C@H](C(=O)N1C[C@@H]2C[C@H]1C(=O)N[C@@H](Cc1ccc3ccccc3c1)C(=O)C[C@@H](C(=O)O)Cc1ccc(cc1)OCc1cn(nn1)[C@H]1C[C@@H](C(=O)N[C@@H](Cc3ccc4ccccc4c3)C(=O)N[C@@H](C(=O)O)Cc3ccc(cc3)OCc3cn2nn3)N(C(=O)[C@@H](NC(=O)[C@H](C)NC)C(C)(C)C)C1)C(C)(C)C. The van der Waals surface area contributed by atoms with E-state index in [9.17, 15) is 34.2 Å². The number of aromatic nitrogens is 6. The van der Waals surface area contributed by atoms with Crippen LogP contribution in [0, 0.1) is 16.7 Å². The van der Waals surface area contributed by atoms with Crippen molar-refractivity contribution in [1.82, 2.24) is 77.0 Å². The van der Waals surface area contributed by atoms with Gasteiger partial charge in [-0.2, -0.15) is 0 Å². The summed E-state index contributed by atoms with van der Waals surface area (Å²) in [6.07, 6.45) is 2.26. The van der Waals surface area contributed by atoms with E-state index in [1.165, 1.54) is 19.2 Å². The van der Waals surface area contributed by atoms with Gasteiger partial charge in [0, 0.05) is 45.2 Å². The van der Waals surface area contributed by atoms with Gasteiger partial charge in [-0.05, 0) is 120 Å². The van der Waals surface area contributed by atoms with E-state index in [4.69, 9.17) is 9.47 Å². The third-order valence-electron chi connectivity index (χ3n) is 20.8. The molecule has 8 aromatic rings. The lowest BCUT2D eigenvalue weighted by molar-refractivity contribution is -0.145. The molecular weight excluding hydrogens is 1410 g/mol. The molecular formula is C81H97N15O14. The summed E-state index contributed by atoms with van der Waals surface area (Å²) in [5.41, 5.74) is 1.30. The standard InChI is InChI=1S/C81H97N15O14/c1-46(82-9)71(98)87-69(80(3,4)5)76(103)93-42-59-38-66(93)74(101)84-63(35-50-19-25-52-15-11-13-17-54(52)32-50)68(97)37-56(78(105)106)31-48-21-27-61(28-22-48)109-44-57-41-96(92-89-57)60-39-67(94(43-60)77(104)70(81(6,7)8)88-72(99)47(2)83-10)75(102)85-64(36-51-20-26-53-16-12-14-18-55(53)33-51)73(100)86-65(79(107)108)34-49-23-29-62(30-24-49)110-45-58-40-95(59)91-90-58/h11-30,32-33,40-41,46-47,56,59-60,63-67,69-70,82-83H,31,34-39,42-45H2,1-10H3,(H,84,101)(H,85,102)(H,86,100)(H,87,98)(H,88,99)(H,105,106)(H,107,108)/t46-,47-,56-,59-,60-,63-,64-,65+,66-,67-,69+,70+/m0/s1. The fourth-order valence-corrected chi connectivity index (χ4v) is 14.1. The van der Waals surface area contributed by atoms with Crippen LogP contribution in [0.25, 0.3) is 21.5 Å². The number of Topliss-reactive ketones (excluding diaryl/α,β-unsaturated/α-hetero) is 1. The Morgan fingerprint density at radius 1 is 0.518 bits per heavy atom. The molecule has 580 valence electrons. The molecule has 6 aromatic carbocycles. The number of ether oxygens (including phenoxy) is 2. The summed E-state index contributed by atoms with van der Waals surface area (Å²) >= 11 is 0. The highest BCUT2D eigenvalue weighted by Crippen LogP contribution is 2.35. The summed E-state index contributed by atoms with van der Waals surface area (Å²) in [5, 5.41) is 63.0. The highest BCUT2D eigenvalue weighted by molar-refractivity contribution is 5.99. The quantitative estimate of drug-likeness (QED) is 0.0660. The molecule has 6 aliphatic rings. The third kappa shape index (κ3) is 19.5. The van der Waals surface area contributed by atoms with Gasteiger partial charge in [-0.1, -0.05) is 161 Å². The van der Waals surface area contributed by atoms with E-state index in [0.717, 1.165) is 21.5 Å². The van der Waals surface area contributed by atoms with Crippen molar-refractivity contribution in [3.05, 3.63) is 179 Å². The maximum absolute atomic E-state index is 15.3. The number of rotatable bonds is 14. The number of carbonyl (C=O) groups excluding carboxylic acids is 8. The highest BCUT2D eigenvalue weighted by atomic mass is 16.5.